The van der Waals surface area contributed by atoms with E-state index in [2.05, 4.69) is 21.2 Å². The van der Waals surface area contributed by atoms with Crippen LogP contribution in [0.2, 0.25) is 0 Å². The van der Waals surface area contributed by atoms with Gasteiger partial charge in [-0.25, -0.2) is 9.18 Å². The van der Waals surface area contributed by atoms with Gasteiger partial charge in [0.2, 0.25) is 0 Å². The van der Waals surface area contributed by atoms with E-state index >= 15 is 0 Å². The number of methoxy groups -OCH3 is 1. The summed E-state index contributed by atoms with van der Waals surface area (Å²) in [7, 11) is 1.44. The van der Waals surface area contributed by atoms with Crippen molar-refractivity contribution in [3.8, 4) is 11.5 Å². The van der Waals surface area contributed by atoms with Gasteiger partial charge in [0.05, 0.1) is 23.3 Å². The number of phenolic OH excluding ortho intramolecular Hbond substituents is 1. The van der Waals surface area contributed by atoms with E-state index in [1.165, 1.54) is 19.2 Å². The topological polar surface area (TPSA) is 94.1 Å². The molecule has 3 aliphatic rings. The van der Waals surface area contributed by atoms with Gasteiger partial charge in [-0.05, 0) is 83.4 Å². The van der Waals surface area contributed by atoms with E-state index in [1.54, 1.807) is 31.2 Å². The molecule has 0 radical (unpaired) electrons. The van der Waals surface area contributed by atoms with E-state index in [4.69, 9.17) is 14.2 Å². The minimum absolute atomic E-state index is 0.0751. The zero-order chi connectivity index (χ0) is 27.0. The highest BCUT2D eigenvalue weighted by Gasteiger charge is 2.42. The molecule has 9 heteroatoms. The minimum atomic E-state index is -0.726. The average Bonchev–Trinajstić information content (AvgIpc) is 3.42. The van der Waals surface area contributed by atoms with Gasteiger partial charge in [0.1, 0.15) is 12.4 Å². The number of benzene rings is 2. The van der Waals surface area contributed by atoms with Gasteiger partial charge in [0.15, 0.2) is 17.3 Å². The number of carbonyl (C=O) groups excluding carboxylic acids is 2. The molecular weight excluding hydrogens is 557 g/mol. The third-order valence-corrected chi connectivity index (χ3v) is 8.02. The van der Waals surface area contributed by atoms with Crippen molar-refractivity contribution in [3.63, 3.8) is 0 Å². The van der Waals surface area contributed by atoms with E-state index in [-0.39, 0.29) is 48.1 Å². The minimum Gasteiger partial charge on any atom is -0.503 e. The lowest BCUT2D eigenvalue weighted by atomic mass is 9.71. The first-order valence-electron chi connectivity index (χ1n) is 12.6. The summed E-state index contributed by atoms with van der Waals surface area (Å²) in [4.78, 5) is 27.3. The van der Waals surface area contributed by atoms with Crippen LogP contribution in [-0.2, 0) is 19.1 Å². The Labute approximate surface area is 228 Å². The van der Waals surface area contributed by atoms with Crippen LogP contribution in [0.5, 0.6) is 11.5 Å². The molecule has 200 valence electrons. The molecule has 1 saturated heterocycles. The highest BCUT2D eigenvalue weighted by Crippen LogP contribution is 2.48. The molecule has 0 spiro atoms. The predicted octanol–water partition coefficient (Wildman–Crippen LogP) is 5.39. The fraction of sp³-hybridized carbons (Fsp3) is 0.379. The van der Waals surface area contributed by atoms with Gasteiger partial charge in [-0.1, -0.05) is 12.1 Å². The van der Waals surface area contributed by atoms with E-state index in [1.807, 2.05) is 0 Å². The highest BCUT2D eigenvalue weighted by atomic mass is 79.9. The number of ketones is 1. The summed E-state index contributed by atoms with van der Waals surface area (Å²) >= 11 is 3.37. The quantitative estimate of drug-likeness (QED) is 0.439. The number of Topliss-reactive ketones (excluding diaryl/α,β-unsaturated/α-hetero) is 1. The number of allylic oxidation sites excluding steroid dienone is 3. The lowest BCUT2D eigenvalue weighted by Gasteiger charge is -2.37. The summed E-state index contributed by atoms with van der Waals surface area (Å²) in [6.07, 6.45) is 2.36. The van der Waals surface area contributed by atoms with Gasteiger partial charge < -0.3 is 24.6 Å². The molecule has 3 atom stereocenters. The number of aromatic hydroxyl groups is 1. The molecular formula is C29H29BrFNO6. The Kier molecular flexibility index (Phi) is 7.59. The first-order valence-corrected chi connectivity index (χ1v) is 13.4. The number of ether oxygens (including phenoxy) is 3. The maximum Gasteiger partial charge on any atom is 0.336 e. The molecule has 5 rings (SSSR count). The first kappa shape index (κ1) is 26.4. The molecule has 2 aromatic rings. The lowest BCUT2D eigenvalue weighted by molar-refractivity contribution is -0.142. The van der Waals surface area contributed by atoms with Crippen LogP contribution in [-0.4, -0.2) is 43.3 Å². The molecule has 7 nitrogen and oxygen atoms in total. The summed E-state index contributed by atoms with van der Waals surface area (Å²) < 4.78 is 30.6. The molecule has 2 N–H and O–H groups in total. The van der Waals surface area contributed by atoms with E-state index in [9.17, 15) is 19.1 Å². The second-order valence-electron chi connectivity index (χ2n) is 9.86. The highest BCUT2D eigenvalue weighted by molar-refractivity contribution is 9.10. The second-order valence-corrected chi connectivity index (χ2v) is 10.7. The Morgan fingerprint density at radius 1 is 1.21 bits per heavy atom. The smallest absolute Gasteiger partial charge is 0.336 e. The Hall–Kier alpha value is -3.17. The maximum absolute atomic E-state index is 13.8. The van der Waals surface area contributed by atoms with Crippen LogP contribution in [0.1, 0.15) is 55.6 Å². The second kappa shape index (κ2) is 10.9. The standard InChI is InChI=1S/C29H29BrFNO6/c1-15-25(29(35)38-14-20-4-3-9-37-20)26(18-10-21(30)28(34)24(13-18)36-2)27-22(32-15)11-17(12-23(27)33)16-5-7-19(31)8-6-16/h5-8,10,13,17,20,26,32,34H,3-4,9,11-12,14H2,1-2H3/t17-,20+,26-/m1/s1. The Morgan fingerprint density at radius 2 is 1.97 bits per heavy atom. The molecule has 1 fully saturated rings. The molecule has 2 aromatic carbocycles. The monoisotopic (exact) mass is 585 g/mol. The Balaban J connectivity index is 1.55. The number of rotatable bonds is 6. The molecule has 2 aliphatic heterocycles. The van der Waals surface area contributed by atoms with Crippen molar-refractivity contribution in [2.75, 3.05) is 20.3 Å². The van der Waals surface area contributed by atoms with Gasteiger partial charge in [-0.2, -0.15) is 0 Å². The third kappa shape index (κ3) is 5.09. The fourth-order valence-corrected chi connectivity index (χ4v) is 6.01. The first-order chi connectivity index (χ1) is 18.3. The average molecular weight is 586 g/mol. The van der Waals surface area contributed by atoms with E-state index in [0.717, 1.165) is 24.1 Å². The maximum atomic E-state index is 13.8. The van der Waals surface area contributed by atoms with E-state index in [0.29, 0.717) is 39.9 Å². The van der Waals surface area contributed by atoms with E-state index < -0.39 is 11.9 Å². The molecule has 0 bridgehead atoms. The number of dihydropyridines is 1. The Morgan fingerprint density at radius 3 is 2.66 bits per heavy atom. The van der Waals surface area contributed by atoms with Gasteiger partial charge in [0, 0.05) is 35.9 Å². The summed E-state index contributed by atoms with van der Waals surface area (Å²) in [5.41, 5.74) is 3.60. The van der Waals surface area contributed by atoms with Crippen LogP contribution in [0.4, 0.5) is 4.39 Å². The van der Waals surface area contributed by atoms with Crippen molar-refractivity contribution in [3.05, 3.63) is 80.4 Å². The SMILES string of the molecule is COc1cc([C@@H]2C(C(=O)OC[C@@H]3CCCO3)=C(C)NC3=C2C(=O)C[C@H](c2ccc(F)cc2)C3)cc(Br)c1O. The van der Waals surface area contributed by atoms with Crippen molar-refractivity contribution in [1.29, 1.82) is 0 Å². The van der Waals surface area contributed by atoms with Crippen molar-refractivity contribution in [2.45, 2.75) is 50.5 Å². The number of hydrogen-bond donors (Lipinski definition) is 2. The molecule has 1 aliphatic carbocycles. The molecule has 0 amide bonds. The van der Waals surface area contributed by atoms with Crippen LogP contribution in [0, 0.1) is 5.82 Å². The van der Waals surface area contributed by atoms with Crippen LogP contribution < -0.4 is 10.1 Å². The fourth-order valence-electron chi connectivity index (χ4n) is 5.55. The van der Waals surface area contributed by atoms with Gasteiger partial charge in [0.25, 0.3) is 0 Å². The number of hydrogen-bond acceptors (Lipinski definition) is 7. The predicted molar refractivity (Wildman–Crippen MR) is 141 cm³/mol. The molecule has 0 aromatic heterocycles. The van der Waals surface area contributed by atoms with Crippen LogP contribution >= 0.6 is 15.9 Å². The zero-order valence-electron chi connectivity index (χ0n) is 21.2. The lowest BCUT2D eigenvalue weighted by Crippen LogP contribution is -2.36. The molecule has 0 saturated carbocycles. The third-order valence-electron chi connectivity index (χ3n) is 7.42. The number of halogens is 2. The Bertz CT molecular complexity index is 1330. The van der Waals surface area contributed by atoms with Crippen molar-refractivity contribution >= 4 is 27.7 Å². The zero-order valence-corrected chi connectivity index (χ0v) is 22.8. The van der Waals surface area contributed by atoms with Gasteiger partial charge in [-0.15, -0.1) is 0 Å². The summed E-state index contributed by atoms with van der Waals surface area (Å²) in [5.74, 6) is -1.69. The van der Waals surface area contributed by atoms with Crippen LogP contribution in [0.3, 0.4) is 0 Å². The number of phenols is 1. The summed E-state index contributed by atoms with van der Waals surface area (Å²) in [6, 6.07) is 9.54. The van der Waals surface area contributed by atoms with Crippen molar-refractivity contribution in [2.24, 2.45) is 0 Å². The molecule has 38 heavy (non-hydrogen) atoms. The largest absolute Gasteiger partial charge is 0.503 e. The van der Waals surface area contributed by atoms with Crippen LogP contribution in [0.15, 0.2) is 63.4 Å². The van der Waals surface area contributed by atoms with Crippen molar-refractivity contribution < 1.29 is 33.3 Å². The summed E-state index contributed by atoms with van der Waals surface area (Å²) in [6.45, 7) is 2.57. The van der Waals surface area contributed by atoms with Gasteiger partial charge >= 0.3 is 5.97 Å². The molecule has 2 heterocycles. The number of esters is 1. The van der Waals surface area contributed by atoms with Crippen LogP contribution in [0.25, 0.3) is 0 Å². The number of nitrogens with one attached hydrogen (secondary N) is 1. The molecule has 0 unspecified atom stereocenters. The van der Waals surface area contributed by atoms with Gasteiger partial charge in [-0.3, -0.25) is 4.79 Å². The normalized spacial score (nSPS) is 23.3. The number of carbonyl (C=O) groups is 2. The van der Waals surface area contributed by atoms with Crippen molar-refractivity contribution in [1.82, 2.24) is 5.32 Å². The summed E-state index contributed by atoms with van der Waals surface area (Å²) in [5, 5.41) is 13.7.